The van der Waals surface area contributed by atoms with Crippen LogP contribution in [0.15, 0.2) is 5.51 Å². The van der Waals surface area contributed by atoms with Crippen LogP contribution in [0.4, 0.5) is 0 Å². The van der Waals surface area contributed by atoms with Gasteiger partial charge in [0.05, 0.1) is 11.2 Å². The Hall–Kier alpha value is -0.940. The molecule has 18 heavy (non-hydrogen) atoms. The van der Waals surface area contributed by atoms with E-state index in [1.54, 1.807) is 18.3 Å². The molecule has 1 fully saturated rings. The predicted octanol–water partition coefficient (Wildman–Crippen LogP) is 2.11. The molecular formula is C13H21N3OS. The highest BCUT2D eigenvalue weighted by molar-refractivity contribution is 7.09. The normalized spacial score (nSPS) is 18.9. The maximum absolute atomic E-state index is 11.3. The lowest BCUT2D eigenvalue weighted by Crippen LogP contribution is -2.44. The summed E-state index contributed by atoms with van der Waals surface area (Å²) >= 11 is 1.71. The molecule has 0 aromatic carbocycles. The van der Waals surface area contributed by atoms with Gasteiger partial charge in [0, 0.05) is 37.0 Å². The SMILES string of the molecule is CC(=O)N1CCC(NC(C)c2scnc2C)CC1. The third kappa shape index (κ3) is 3.09. The van der Waals surface area contributed by atoms with Gasteiger partial charge in [0.2, 0.25) is 5.91 Å². The molecule has 1 atom stereocenters. The van der Waals surface area contributed by atoms with Crippen molar-refractivity contribution in [3.8, 4) is 0 Å². The Morgan fingerprint density at radius 3 is 2.72 bits per heavy atom. The summed E-state index contributed by atoms with van der Waals surface area (Å²) < 4.78 is 0. The van der Waals surface area contributed by atoms with E-state index in [9.17, 15) is 4.79 Å². The topological polar surface area (TPSA) is 45.2 Å². The van der Waals surface area contributed by atoms with Gasteiger partial charge in [0.15, 0.2) is 0 Å². The monoisotopic (exact) mass is 267 g/mol. The van der Waals surface area contributed by atoms with Crippen molar-refractivity contribution in [2.75, 3.05) is 13.1 Å². The van der Waals surface area contributed by atoms with Crippen molar-refractivity contribution in [3.63, 3.8) is 0 Å². The predicted molar refractivity (Wildman–Crippen MR) is 73.7 cm³/mol. The number of rotatable bonds is 3. The highest BCUT2D eigenvalue weighted by atomic mass is 32.1. The minimum atomic E-state index is 0.194. The van der Waals surface area contributed by atoms with Crippen LogP contribution in [0.5, 0.6) is 0 Å². The molecule has 0 saturated carbocycles. The maximum Gasteiger partial charge on any atom is 0.219 e. The van der Waals surface area contributed by atoms with Crippen molar-refractivity contribution in [1.29, 1.82) is 0 Å². The van der Waals surface area contributed by atoms with Gasteiger partial charge in [-0.1, -0.05) is 0 Å². The number of likely N-dealkylation sites (tertiary alicyclic amines) is 1. The molecule has 1 aliphatic heterocycles. The molecule has 2 rings (SSSR count). The van der Waals surface area contributed by atoms with Gasteiger partial charge >= 0.3 is 0 Å². The highest BCUT2D eigenvalue weighted by Crippen LogP contribution is 2.23. The number of carbonyl (C=O) groups excluding carboxylic acids is 1. The van der Waals surface area contributed by atoms with Gasteiger partial charge < -0.3 is 10.2 Å². The fourth-order valence-corrected chi connectivity index (χ4v) is 3.34. The van der Waals surface area contributed by atoms with Crippen LogP contribution in [0, 0.1) is 6.92 Å². The number of hydrogen-bond acceptors (Lipinski definition) is 4. The molecule has 0 aliphatic carbocycles. The zero-order valence-electron chi connectivity index (χ0n) is 11.3. The Morgan fingerprint density at radius 1 is 1.56 bits per heavy atom. The molecular weight excluding hydrogens is 246 g/mol. The Morgan fingerprint density at radius 2 is 2.22 bits per heavy atom. The zero-order chi connectivity index (χ0) is 13.1. The van der Waals surface area contributed by atoms with E-state index in [0.717, 1.165) is 31.6 Å². The number of nitrogens with zero attached hydrogens (tertiary/aromatic N) is 2. The van der Waals surface area contributed by atoms with Gasteiger partial charge in [0.1, 0.15) is 0 Å². The molecule has 0 bridgehead atoms. The summed E-state index contributed by atoms with van der Waals surface area (Å²) in [6, 6.07) is 0.864. The van der Waals surface area contributed by atoms with Crippen molar-refractivity contribution >= 4 is 17.2 Å². The summed E-state index contributed by atoms with van der Waals surface area (Å²) in [4.78, 5) is 18.8. The van der Waals surface area contributed by atoms with Crippen LogP contribution in [0.25, 0.3) is 0 Å². The Bertz CT molecular complexity index is 410. The van der Waals surface area contributed by atoms with E-state index >= 15 is 0 Å². The van der Waals surface area contributed by atoms with Crippen LogP contribution in [0.1, 0.15) is 43.3 Å². The standard InChI is InChI=1S/C13H21N3OS/c1-9-13(18-8-14-9)10(2)15-12-4-6-16(7-5-12)11(3)17/h8,10,12,15H,4-7H2,1-3H3. The number of piperidine rings is 1. The molecule has 1 N–H and O–H groups in total. The molecule has 1 saturated heterocycles. The molecule has 100 valence electrons. The largest absolute Gasteiger partial charge is 0.343 e. The van der Waals surface area contributed by atoms with Crippen LogP contribution in [0.3, 0.4) is 0 Å². The summed E-state index contributed by atoms with van der Waals surface area (Å²) in [5, 5.41) is 3.65. The number of carbonyl (C=O) groups is 1. The second-order valence-corrected chi connectivity index (χ2v) is 5.86. The van der Waals surface area contributed by atoms with E-state index in [1.807, 2.05) is 10.4 Å². The Balaban J connectivity index is 1.85. The first-order chi connectivity index (χ1) is 8.58. The number of aryl methyl sites for hydroxylation is 1. The summed E-state index contributed by atoms with van der Waals surface area (Å²) in [6.07, 6.45) is 2.09. The van der Waals surface area contributed by atoms with Gasteiger partial charge in [-0.2, -0.15) is 0 Å². The van der Waals surface area contributed by atoms with Crippen molar-refractivity contribution in [1.82, 2.24) is 15.2 Å². The highest BCUT2D eigenvalue weighted by Gasteiger charge is 2.22. The minimum Gasteiger partial charge on any atom is -0.343 e. The Kier molecular flexibility index (Phi) is 4.35. The summed E-state index contributed by atoms with van der Waals surface area (Å²) in [7, 11) is 0. The summed E-state index contributed by atoms with van der Waals surface area (Å²) in [5.74, 6) is 0.194. The fourth-order valence-electron chi connectivity index (χ4n) is 2.52. The first-order valence-corrected chi connectivity index (χ1v) is 7.37. The van der Waals surface area contributed by atoms with Crippen LogP contribution >= 0.6 is 11.3 Å². The molecule has 4 nitrogen and oxygen atoms in total. The molecule has 0 radical (unpaired) electrons. The Labute approximate surface area is 112 Å². The van der Waals surface area contributed by atoms with Gasteiger partial charge in [-0.15, -0.1) is 11.3 Å². The van der Waals surface area contributed by atoms with Gasteiger partial charge in [-0.3, -0.25) is 4.79 Å². The number of hydrogen-bond donors (Lipinski definition) is 1. The van der Waals surface area contributed by atoms with Crippen LogP contribution in [0.2, 0.25) is 0 Å². The number of nitrogens with one attached hydrogen (secondary N) is 1. The van der Waals surface area contributed by atoms with E-state index in [4.69, 9.17) is 0 Å². The second kappa shape index (κ2) is 5.80. The fraction of sp³-hybridized carbons (Fsp3) is 0.692. The van der Waals surface area contributed by atoms with Crippen molar-refractivity contribution in [2.45, 2.75) is 45.7 Å². The number of aromatic nitrogens is 1. The average Bonchev–Trinajstić information content (AvgIpc) is 2.76. The minimum absolute atomic E-state index is 0.194. The molecule has 1 unspecified atom stereocenters. The van der Waals surface area contributed by atoms with E-state index in [-0.39, 0.29) is 5.91 Å². The van der Waals surface area contributed by atoms with Gasteiger partial charge in [-0.05, 0) is 26.7 Å². The van der Waals surface area contributed by atoms with Gasteiger partial charge in [-0.25, -0.2) is 4.98 Å². The third-order valence-electron chi connectivity index (χ3n) is 3.60. The molecule has 1 amide bonds. The van der Waals surface area contributed by atoms with E-state index in [0.29, 0.717) is 12.1 Å². The van der Waals surface area contributed by atoms with E-state index < -0.39 is 0 Å². The smallest absolute Gasteiger partial charge is 0.219 e. The summed E-state index contributed by atoms with van der Waals surface area (Å²) in [6.45, 7) is 7.65. The van der Waals surface area contributed by atoms with Crippen molar-refractivity contribution in [2.24, 2.45) is 0 Å². The quantitative estimate of drug-likeness (QED) is 0.912. The van der Waals surface area contributed by atoms with Gasteiger partial charge in [0.25, 0.3) is 0 Å². The average molecular weight is 267 g/mol. The maximum atomic E-state index is 11.3. The number of amides is 1. The third-order valence-corrected chi connectivity index (χ3v) is 4.72. The first kappa shape index (κ1) is 13.5. The molecule has 5 heteroatoms. The summed E-state index contributed by atoms with van der Waals surface area (Å²) in [5.41, 5.74) is 3.03. The van der Waals surface area contributed by atoms with Crippen LogP contribution in [-0.2, 0) is 4.79 Å². The van der Waals surface area contributed by atoms with Crippen LogP contribution in [-0.4, -0.2) is 34.9 Å². The molecule has 1 aromatic rings. The van der Waals surface area contributed by atoms with E-state index in [2.05, 4.69) is 24.1 Å². The second-order valence-electron chi connectivity index (χ2n) is 4.97. The van der Waals surface area contributed by atoms with Crippen LogP contribution < -0.4 is 5.32 Å². The molecule has 0 spiro atoms. The lowest BCUT2D eigenvalue weighted by Gasteiger charge is -2.33. The molecule has 2 heterocycles. The van der Waals surface area contributed by atoms with Crippen molar-refractivity contribution in [3.05, 3.63) is 16.1 Å². The van der Waals surface area contributed by atoms with Crippen molar-refractivity contribution < 1.29 is 4.79 Å². The first-order valence-electron chi connectivity index (χ1n) is 6.49. The number of thiazole rings is 1. The lowest BCUT2D eigenvalue weighted by molar-refractivity contribution is -0.129. The van der Waals surface area contributed by atoms with E-state index in [1.165, 1.54) is 4.88 Å². The lowest BCUT2D eigenvalue weighted by atomic mass is 10.0. The molecule has 1 aromatic heterocycles. The zero-order valence-corrected chi connectivity index (χ0v) is 12.1. The molecule has 1 aliphatic rings.